The third-order valence-corrected chi connectivity index (χ3v) is 3.25. The molecule has 1 heterocycles. The third-order valence-electron chi connectivity index (χ3n) is 3.04. The topological polar surface area (TPSA) is 49.9 Å². The number of anilines is 1. The Morgan fingerprint density at radius 3 is 2.94 bits per heavy atom. The van der Waals surface area contributed by atoms with Gasteiger partial charge in [0.15, 0.2) is 0 Å². The second kappa shape index (κ2) is 6.12. The van der Waals surface area contributed by atoms with Crippen LogP contribution in [0.3, 0.4) is 0 Å². The molecule has 94 valence electrons. The number of hydrogen-bond acceptors (Lipinski definition) is 4. The van der Waals surface area contributed by atoms with Crippen LogP contribution in [0.5, 0.6) is 0 Å². The summed E-state index contributed by atoms with van der Waals surface area (Å²) in [6.07, 6.45) is 6.47. The summed E-state index contributed by atoms with van der Waals surface area (Å²) in [5.41, 5.74) is 0. The Balaban J connectivity index is 2.06. The van der Waals surface area contributed by atoms with Crippen LogP contribution in [0.4, 0.5) is 5.82 Å². The van der Waals surface area contributed by atoms with Crippen molar-refractivity contribution in [3.8, 4) is 0 Å². The molecule has 0 aliphatic heterocycles. The van der Waals surface area contributed by atoms with Crippen molar-refractivity contribution in [2.45, 2.75) is 44.8 Å². The number of aromatic nitrogens is 2. The Morgan fingerprint density at radius 2 is 2.24 bits per heavy atom. The molecule has 5 heteroatoms. The maximum absolute atomic E-state index is 5.14. The van der Waals surface area contributed by atoms with Gasteiger partial charge in [-0.3, -0.25) is 0 Å². The van der Waals surface area contributed by atoms with Crippen molar-refractivity contribution in [1.82, 2.24) is 9.97 Å². The van der Waals surface area contributed by atoms with Crippen molar-refractivity contribution < 1.29 is 4.74 Å². The maximum atomic E-state index is 5.14. The molecule has 0 bridgehead atoms. The smallest absolute Gasteiger partial charge is 0.135 e. The van der Waals surface area contributed by atoms with E-state index >= 15 is 0 Å². The van der Waals surface area contributed by atoms with E-state index in [9.17, 15) is 0 Å². The lowest BCUT2D eigenvalue weighted by molar-refractivity contribution is 0.177. The van der Waals surface area contributed by atoms with Gasteiger partial charge in [0.05, 0.1) is 0 Å². The van der Waals surface area contributed by atoms with Crippen molar-refractivity contribution in [3.63, 3.8) is 0 Å². The molecule has 4 nitrogen and oxygen atoms in total. The van der Waals surface area contributed by atoms with Crippen molar-refractivity contribution in [2.75, 3.05) is 12.4 Å². The maximum Gasteiger partial charge on any atom is 0.135 e. The monoisotopic (exact) mass is 253 g/mol. The van der Waals surface area contributed by atoms with Crippen LogP contribution in [0.1, 0.15) is 37.9 Å². The fourth-order valence-corrected chi connectivity index (χ4v) is 2.49. The van der Waals surface area contributed by atoms with Crippen LogP contribution < -0.4 is 5.32 Å². The van der Waals surface area contributed by atoms with Crippen LogP contribution in [0, 0.1) is 4.64 Å². The normalized spacial score (nSPS) is 17.0. The molecule has 1 fully saturated rings. The van der Waals surface area contributed by atoms with Gasteiger partial charge >= 0.3 is 0 Å². The number of rotatable bonds is 4. The zero-order valence-corrected chi connectivity index (χ0v) is 11.0. The first-order chi connectivity index (χ1) is 8.28. The van der Waals surface area contributed by atoms with E-state index in [1.54, 1.807) is 7.11 Å². The zero-order valence-electron chi connectivity index (χ0n) is 10.2. The van der Waals surface area contributed by atoms with Gasteiger partial charge in [-0.05, 0) is 12.8 Å². The summed E-state index contributed by atoms with van der Waals surface area (Å²) in [5, 5.41) is 3.50. The molecule has 0 spiro atoms. The highest BCUT2D eigenvalue weighted by Gasteiger charge is 2.13. The lowest BCUT2D eigenvalue weighted by Crippen LogP contribution is -2.23. The largest absolute Gasteiger partial charge is 0.377 e. The molecule has 0 amide bonds. The molecule has 0 radical (unpaired) electrons. The van der Waals surface area contributed by atoms with Gasteiger partial charge in [-0.1, -0.05) is 31.5 Å². The summed E-state index contributed by atoms with van der Waals surface area (Å²) >= 11 is 5.14. The molecule has 1 aromatic heterocycles. The number of nitrogens with zero attached hydrogens (tertiary/aromatic N) is 1. The van der Waals surface area contributed by atoms with E-state index in [0.29, 0.717) is 17.3 Å². The highest BCUT2D eigenvalue weighted by Crippen LogP contribution is 2.20. The predicted octanol–water partition coefficient (Wildman–Crippen LogP) is 3.03. The molecule has 1 aliphatic rings. The average Bonchev–Trinajstić information content (AvgIpc) is 2.30. The van der Waals surface area contributed by atoms with Gasteiger partial charge in [0.25, 0.3) is 0 Å². The van der Waals surface area contributed by atoms with Crippen LogP contribution >= 0.6 is 12.2 Å². The number of aromatic amines is 1. The molecule has 1 aromatic rings. The van der Waals surface area contributed by atoms with Gasteiger partial charge in [-0.2, -0.15) is 0 Å². The van der Waals surface area contributed by atoms with E-state index < -0.39 is 0 Å². The van der Waals surface area contributed by atoms with Gasteiger partial charge in [-0.25, -0.2) is 4.98 Å². The SMILES string of the molecule is COCc1nc(=S)cc(NC2CCCCC2)[nH]1. The van der Waals surface area contributed by atoms with Crippen molar-refractivity contribution >= 4 is 18.0 Å². The zero-order chi connectivity index (χ0) is 12.1. The number of nitrogens with one attached hydrogen (secondary N) is 2. The minimum absolute atomic E-state index is 0.462. The molecule has 0 aromatic carbocycles. The highest BCUT2D eigenvalue weighted by molar-refractivity contribution is 7.71. The Bertz CT molecular complexity index is 412. The van der Waals surface area contributed by atoms with Crippen LogP contribution in [0.2, 0.25) is 0 Å². The van der Waals surface area contributed by atoms with Crippen LogP contribution in [-0.2, 0) is 11.3 Å². The van der Waals surface area contributed by atoms with E-state index in [1.807, 2.05) is 6.07 Å². The Hall–Kier alpha value is -0.940. The molecule has 0 atom stereocenters. The molecule has 2 rings (SSSR count). The Kier molecular flexibility index (Phi) is 4.50. The number of ether oxygens (including phenoxy) is 1. The Morgan fingerprint density at radius 1 is 1.47 bits per heavy atom. The quantitative estimate of drug-likeness (QED) is 0.810. The van der Waals surface area contributed by atoms with Crippen LogP contribution in [-0.4, -0.2) is 23.1 Å². The van der Waals surface area contributed by atoms with Crippen molar-refractivity contribution in [3.05, 3.63) is 16.5 Å². The summed E-state index contributed by atoms with van der Waals surface area (Å²) in [7, 11) is 1.65. The highest BCUT2D eigenvalue weighted by atomic mass is 32.1. The van der Waals surface area contributed by atoms with Gasteiger partial charge in [-0.15, -0.1) is 0 Å². The number of hydrogen-bond donors (Lipinski definition) is 2. The molecule has 17 heavy (non-hydrogen) atoms. The summed E-state index contributed by atoms with van der Waals surface area (Å²) in [5.74, 6) is 1.74. The molecule has 1 aliphatic carbocycles. The van der Waals surface area contributed by atoms with E-state index in [1.165, 1.54) is 32.1 Å². The summed E-state index contributed by atoms with van der Waals surface area (Å²) in [6.45, 7) is 0.462. The number of methoxy groups -OCH3 is 1. The lowest BCUT2D eigenvalue weighted by atomic mass is 9.95. The number of H-pyrrole nitrogens is 1. The van der Waals surface area contributed by atoms with Gasteiger partial charge < -0.3 is 15.0 Å². The second-order valence-electron chi connectivity index (χ2n) is 4.49. The van der Waals surface area contributed by atoms with Gasteiger partial charge in [0.1, 0.15) is 22.9 Å². The second-order valence-corrected chi connectivity index (χ2v) is 4.91. The van der Waals surface area contributed by atoms with E-state index in [0.717, 1.165) is 11.6 Å². The molecular formula is C12H19N3OS. The Labute approximate surface area is 107 Å². The molecule has 2 N–H and O–H groups in total. The summed E-state index contributed by atoms with van der Waals surface area (Å²) in [4.78, 5) is 7.43. The molecule has 1 saturated carbocycles. The van der Waals surface area contributed by atoms with E-state index in [-0.39, 0.29) is 0 Å². The third kappa shape index (κ3) is 3.78. The van der Waals surface area contributed by atoms with E-state index in [4.69, 9.17) is 17.0 Å². The van der Waals surface area contributed by atoms with Gasteiger partial charge in [0.2, 0.25) is 0 Å². The summed E-state index contributed by atoms with van der Waals surface area (Å²) < 4.78 is 5.67. The first kappa shape index (κ1) is 12.5. The summed E-state index contributed by atoms with van der Waals surface area (Å²) in [6, 6.07) is 2.44. The van der Waals surface area contributed by atoms with Crippen LogP contribution in [0.25, 0.3) is 0 Å². The predicted molar refractivity (Wildman–Crippen MR) is 70.6 cm³/mol. The van der Waals surface area contributed by atoms with Crippen molar-refractivity contribution in [1.29, 1.82) is 0 Å². The fraction of sp³-hybridized carbons (Fsp3) is 0.667. The van der Waals surface area contributed by atoms with Crippen molar-refractivity contribution in [2.24, 2.45) is 0 Å². The standard InChI is InChI=1S/C12H19N3OS/c1-16-8-11-14-10(7-12(17)15-11)13-9-5-3-2-4-6-9/h7,9H,2-6,8H2,1H3,(H2,13,14,15,17). The molecule has 0 unspecified atom stereocenters. The minimum atomic E-state index is 0.462. The first-order valence-electron chi connectivity index (χ1n) is 6.13. The van der Waals surface area contributed by atoms with Crippen LogP contribution in [0.15, 0.2) is 6.07 Å². The molecule has 0 saturated heterocycles. The minimum Gasteiger partial charge on any atom is -0.377 e. The average molecular weight is 253 g/mol. The first-order valence-corrected chi connectivity index (χ1v) is 6.54. The van der Waals surface area contributed by atoms with E-state index in [2.05, 4.69) is 15.3 Å². The lowest BCUT2D eigenvalue weighted by Gasteiger charge is -2.23. The van der Waals surface area contributed by atoms with Gasteiger partial charge in [0, 0.05) is 19.2 Å². The molecular weight excluding hydrogens is 234 g/mol. The fourth-order valence-electron chi connectivity index (χ4n) is 2.26.